The third kappa shape index (κ3) is 3.12. The molecule has 2 rings (SSSR count). The van der Waals surface area contributed by atoms with E-state index in [2.05, 4.69) is 15.4 Å². The number of thiazole rings is 1. The van der Waals surface area contributed by atoms with Crippen LogP contribution in [-0.4, -0.2) is 9.97 Å². The van der Waals surface area contributed by atoms with Gasteiger partial charge in [0.2, 0.25) is 0 Å². The molecule has 18 heavy (non-hydrogen) atoms. The molecular weight excluding hydrogens is 285 g/mol. The largest absolute Gasteiger partial charge is 0.416 e. The van der Waals surface area contributed by atoms with Crippen LogP contribution < -0.4 is 11.3 Å². The van der Waals surface area contributed by atoms with E-state index in [0.717, 1.165) is 23.9 Å². The number of hydrazine groups is 1. The highest BCUT2D eigenvalue weighted by atomic mass is 32.2. The number of pyridine rings is 1. The van der Waals surface area contributed by atoms with Crippen LogP contribution in [0.2, 0.25) is 0 Å². The molecule has 0 amide bonds. The van der Waals surface area contributed by atoms with Gasteiger partial charge in [-0.05, 0) is 23.9 Å². The average molecular weight is 292 g/mol. The van der Waals surface area contributed by atoms with Gasteiger partial charge in [0.25, 0.3) is 0 Å². The standard InChI is InChI=1S/C9H7F3N4S2/c10-9(11,12)5-3-6(16-13)15-7(4-5)18-8-14-1-2-17-8/h1-4H,13H2,(H,15,16). The van der Waals surface area contributed by atoms with Crippen molar-refractivity contribution in [3.63, 3.8) is 0 Å². The summed E-state index contributed by atoms with van der Waals surface area (Å²) in [6.45, 7) is 0. The molecule has 0 aliphatic rings. The van der Waals surface area contributed by atoms with Crippen LogP contribution in [0, 0.1) is 0 Å². The van der Waals surface area contributed by atoms with E-state index in [4.69, 9.17) is 5.84 Å². The molecule has 0 aliphatic carbocycles. The second-order valence-corrected chi connectivity index (χ2v) is 5.28. The molecule has 2 aromatic heterocycles. The first kappa shape index (κ1) is 13.1. The van der Waals surface area contributed by atoms with Crippen LogP contribution in [-0.2, 0) is 6.18 Å². The normalized spacial score (nSPS) is 11.6. The predicted molar refractivity (Wildman–Crippen MR) is 63.3 cm³/mol. The van der Waals surface area contributed by atoms with E-state index in [1.54, 1.807) is 11.6 Å². The highest BCUT2D eigenvalue weighted by molar-refractivity contribution is 8.01. The van der Waals surface area contributed by atoms with E-state index in [0.29, 0.717) is 4.34 Å². The summed E-state index contributed by atoms with van der Waals surface area (Å²) in [7, 11) is 0. The Labute approximate surface area is 108 Å². The van der Waals surface area contributed by atoms with Gasteiger partial charge in [0, 0.05) is 11.6 Å². The molecule has 0 bridgehead atoms. The Hall–Kier alpha value is -1.32. The van der Waals surface area contributed by atoms with Crippen LogP contribution in [0.5, 0.6) is 0 Å². The minimum Gasteiger partial charge on any atom is -0.308 e. The van der Waals surface area contributed by atoms with Crippen molar-refractivity contribution < 1.29 is 13.2 Å². The lowest BCUT2D eigenvalue weighted by Crippen LogP contribution is -2.12. The molecule has 0 saturated carbocycles. The summed E-state index contributed by atoms with van der Waals surface area (Å²) in [5, 5.41) is 1.92. The molecule has 3 N–H and O–H groups in total. The minimum atomic E-state index is -4.44. The van der Waals surface area contributed by atoms with Crippen LogP contribution in [0.4, 0.5) is 19.0 Å². The number of hydrogen-bond acceptors (Lipinski definition) is 6. The Morgan fingerprint density at radius 3 is 2.67 bits per heavy atom. The third-order valence-corrected chi connectivity index (χ3v) is 3.68. The van der Waals surface area contributed by atoms with Crippen molar-refractivity contribution in [1.82, 2.24) is 9.97 Å². The molecule has 9 heteroatoms. The zero-order valence-corrected chi connectivity index (χ0v) is 10.4. The van der Waals surface area contributed by atoms with Gasteiger partial charge in [-0.1, -0.05) is 0 Å². The molecule has 4 nitrogen and oxygen atoms in total. The lowest BCUT2D eigenvalue weighted by atomic mass is 10.2. The topological polar surface area (TPSA) is 63.8 Å². The van der Waals surface area contributed by atoms with Crippen molar-refractivity contribution in [2.24, 2.45) is 5.84 Å². The summed E-state index contributed by atoms with van der Waals surface area (Å²) in [6.07, 6.45) is -2.87. The molecule has 0 atom stereocenters. The van der Waals surface area contributed by atoms with Crippen molar-refractivity contribution in [3.8, 4) is 0 Å². The molecule has 2 heterocycles. The fourth-order valence-corrected chi connectivity index (χ4v) is 2.74. The molecule has 0 aromatic carbocycles. The zero-order valence-electron chi connectivity index (χ0n) is 8.73. The molecule has 0 unspecified atom stereocenters. The number of nitrogens with one attached hydrogen (secondary N) is 1. The summed E-state index contributed by atoms with van der Waals surface area (Å²) >= 11 is 2.38. The van der Waals surface area contributed by atoms with Crippen LogP contribution in [0.3, 0.4) is 0 Å². The number of hydrogen-bond donors (Lipinski definition) is 2. The number of halogens is 3. The number of aromatic nitrogens is 2. The van der Waals surface area contributed by atoms with Gasteiger partial charge < -0.3 is 5.43 Å². The van der Waals surface area contributed by atoms with Crippen LogP contribution >= 0.6 is 23.1 Å². The molecule has 2 aromatic rings. The van der Waals surface area contributed by atoms with Crippen molar-refractivity contribution >= 4 is 28.9 Å². The number of nitrogens with zero attached hydrogens (tertiary/aromatic N) is 2. The zero-order chi connectivity index (χ0) is 13.2. The van der Waals surface area contributed by atoms with Crippen molar-refractivity contribution in [1.29, 1.82) is 0 Å². The summed E-state index contributed by atoms with van der Waals surface area (Å²) in [6, 6.07) is 1.82. The number of anilines is 1. The van der Waals surface area contributed by atoms with Gasteiger partial charge in [-0.15, -0.1) is 11.3 Å². The van der Waals surface area contributed by atoms with Crippen LogP contribution in [0.1, 0.15) is 5.56 Å². The average Bonchev–Trinajstić information content (AvgIpc) is 2.80. The summed E-state index contributed by atoms with van der Waals surface area (Å²) in [4.78, 5) is 7.90. The molecule has 0 fully saturated rings. The van der Waals surface area contributed by atoms with E-state index < -0.39 is 11.7 Å². The summed E-state index contributed by atoms with van der Waals surface area (Å²) in [5.41, 5.74) is 1.32. The Morgan fingerprint density at radius 2 is 2.11 bits per heavy atom. The number of rotatable bonds is 3. The second kappa shape index (κ2) is 5.12. The van der Waals surface area contributed by atoms with Gasteiger partial charge in [-0.3, -0.25) is 0 Å². The first-order valence-corrected chi connectivity index (χ1v) is 6.32. The third-order valence-electron chi connectivity index (χ3n) is 1.88. The fourth-order valence-electron chi connectivity index (χ4n) is 1.15. The monoisotopic (exact) mass is 292 g/mol. The maximum Gasteiger partial charge on any atom is 0.416 e. The van der Waals surface area contributed by atoms with Gasteiger partial charge in [-0.2, -0.15) is 13.2 Å². The first-order valence-electron chi connectivity index (χ1n) is 4.62. The van der Waals surface area contributed by atoms with Gasteiger partial charge in [-0.25, -0.2) is 15.8 Å². The lowest BCUT2D eigenvalue weighted by molar-refractivity contribution is -0.137. The molecular formula is C9H7F3N4S2. The SMILES string of the molecule is NNc1cc(C(F)(F)F)cc(Sc2nccs2)n1. The van der Waals surface area contributed by atoms with Crippen molar-refractivity contribution in [2.45, 2.75) is 15.5 Å². The maximum atomic E-state index is 12.6. The van der Waals surface area contributed by atoms with E-state index in [-0.39, 0.29) is 10.8 Å². The number of nitrogens with two attached hydrogens (primary N) is 1. The Bertz CT molecular complexity index is 527. The highest BCUT2D eigenvalue weighted by Crippen LogP contribution is 2.35. The quantitative estimate of drug-likeness (QED) is 0.672. The smallest absolute Gasteiger partial charge is 0.308 e. The second-order valence-electron chi connectivity index (χ2n) is 3.12. The lowest BCUT2D eigenvalue weighted by Gasteiger charge is -2.10. The van der Waals surface area contributed by atoms with Gasteiger partial charge in [0.05, 0.1) is 5.56 Å². The predicted octanol–water partition coefficient (Wildman–Crippen LogP) is 2.99. The van der Waals surface area contributed by atoms with Crippen LogP contribution in [0.15, 0.2) is 33.1 Å². The Kier molecular flexibility index (Phi) is 3.73. The van der Waals surface area contributed by atoms with Crippen molar-refractivity contribution in [3.05, 3.63) is 29.3 Å². The van der Waals surface area contributed by atoms with E-state index in [1.807, 2.05) is 0 Å². The van der Waals surface area contributed by atoms with Crippen LogP contribution in [0.25, 0.3) is 0 Å². The maximum absolute atomic E-state index is 12.6. The highest BCUT2D eigenvalue weighted by Gasteiger charge is 2.31. The van der Waals surface area contributed by atoms with Gasteiger partial charge in [0.15, 0.2) is 4.34 Å². The first-order chi connectivity index (χ1) is 8.49. The van der Waals surface area contributed by atoms with Crippen molar-refractivity contribution in [2.75, 3.05) is 5.43 Å². The van der Waals surface area contributed by atoms with E-state index in [1.165, 1.54) is 11.3 Å². The molecule has 0 spiro atoms. The number of alkyl halides is 3. The molecule has 96 valence electrons. The Balaban J connectivity index is 2.35. The fraction of sp³-hybridized carbons (Fsp3) is 0.111. The Morgan fingerprint density at radius 1 is 1.33 bits per heavy atom. The van der Waals surface area contributed by atoms with E-state index in [9.17, 15) is 13.2 Å². The van der Waals surface area contributed by atoms with E-state index >= 15 is 0 Å². The number of nitrogen functional groups attached to an aromatic ring is 1. The molecule has 0 aliphatic heterocycles. The molecule has 0 saturated heterocycles. The van der Waals surface area contributed by atoms with Gasteiger partial charge in [0.1, 0.15) is 10.8 Å². The van der Waals surface area contributed by atoms with Gasteiger partial charge >= 0.3 is 6.18 Å². The minimum absolute atomic E-state index is 0.0381. The summed E-state index contributed by atoms with van der Waals surface area (Å²) in [5.74, 6) is 5.06. The summed E-state index contributed by atoms with van der Waals surface area (Å²) < 4.78 is 38.5. The molecule has 0 radical (unpaired) electrons.